The number of carbonyl (C=O) groups is 2. The molecule has 0 bridgehead atoms. The van der Waals surface area contributed by atoms with Crippen molar-refractivity contribution in [3.05, 3.63) is 59.2 Å². The zero-order valence-corrected chi connectivity index (χ0v) is 16.8. The third kappa shape index (κ3) is 4.39. The first kappa shape index (κ1) is 21.6. The summed E-state index contributed by atoms with van der Waals surface area (Å²) in [6.45, 7) is 4.41. The van der Waals surface area contributed by atoms with Crippen molar-refractivity contribution in [2.45, 2.75) is 44.6 Å². The van der Waals surface area contributed by atoms with Crippen LogP contribution in [0.3, 0.4) is 0 Å². The Morgan fingerprint density at radius 3 is 2.20 bits per heavy atom. The number of ether oxygens (including phenoxy) is 2. The number of aliphatic hydroxyl groups excluding tert-OH is 1. The van der Waals surface area contributed by atoms with Gasteiger partial charge in [0.15, 0.2) is 11.5 Å². The number of benzene rings is 2. The number of rotatable bonds is 9. The van der Waals surface area contributed by atoms with Crippen LogP contribution in [0.4, 0.5) is 0 Å². The molecule has 0 fully saturated rings. The lowest BCUT2D eigenvalue weighted by Crippen LogP contribution is -2.54. The van der Waals surface area contributed by atoms with Gasteiger partial charge >= 0.3 is 17.7 Å². The Morgan fingerprint density at radius 1 is 1.00 bits per heavy atom. The summed E-state index contributed by atoms with van der Waals surface area (Å²) in [6.07, 6.45) is 0.869. The summed E-state index contributed by atoms with van der Waals surface area (Å²) in [7, 11) is 0. The minimum absolute atomic E-state index is 0.00126. The number of nitrogens with one attached hydrogen (secondary N) is 1. The second-order valence-corrected chi connectivity index (χ2v) is 7.34. The van der Waals surface area contributed by atoms with Gasteiger partial charge in [0, 0.05) is 12.6 Å². The number of carboxylic acids is 2. The van der Waals surface area contributed by atoms with Crippen LogP contribution in [0.5, 0.6) is 11.5 Å². The van der Waals surface area contributed by atoms with E-state index < -0.39 is 23.8 Å². The molecule has 160 valence electrons. The Hall–Kier alpha value is -3.10. The molecule has 8 heteroatoms. The maximum Gasteiger partial charge on any atom is 0.453 e. The maximum atomic E-state index is 11.3. The van der Waals surface area contributed by atoms with Gasteiger partial charge in [-0.2, -0.15) is 0 Å². The highest BCUT2D eigenvalue weighted by atomic mass is 16.8. The first-order valence-electron chi connectivity index (χ1n) is 9.73. The lowest BCUT2D eigenvalue weighted by atomic mass is 10.0. The van der Waals surface area contributed by atoms with E-state index in [0.29, 0.717) is 13.0 Å². The van der Waals surface area contributed by atoms with Crippen LogP contribution in [0.25, 0.3) is 0 Å². The zero-order chi connectivity index (χ0) is 21.9. The van der Waals surface area contributed by atoms with Crippen molar-refractivity contribution >= 4 is 11.9 Å². The number of hydrogen-bond donors (Lipinski definition) is 4. The molecule has 2 aromatic rings. The molecule has 1 aliphatic heterocycles. The molecule has 0 spiro atoms. The molecule has 0 saturated carbocycles. The van der Waals surface area contributed by atoms with Crippen molar-refractivity contribution in [3.8, 4) is 11.5 Å². The van der Waals surface area contributed by atoms with Crippen molar-refractivity contribution in [1.29, 1.82) is 0 Å². The number of fused-ring (bicyclic) bond motifs is 1. The lowest BCUT2D eigenvalue weighted by molar-refractivity contribution is -0.194. The van der Waals surface area contributed by atoms with Crippen LogP contribution in [-0.4, -0.2) is 45.6 Å². The minimum atomic E-state index is -2.76. The van der Waals surface area contributed by atoms with Crippen molar-refractivity contribution in [1.82, 2.24) is 5.32 Å². The van der Waals surface area contributed by atoms with E-state index in [1.54, 1.807) is 12.1 Å². The Balaban J connectivity index is 1.58. The summed E-state index contributed by atoms with van der Waals surface area (Å²) in [4.78, 5) is 22.7. The Morgan fingerprint density at radius 2 is 1.60 bits per heavy atom. The molecule has 3 rings (SSSR count). The highest BCUT2D eigenvalue weighted by Crippen LogP contribution is 2.40. The van der Waals surface area contributed by atoms with Gasteiger partial charge < -0.3 is 30.1 Å². The van der Waals surface area contributed by atoms with E-state index in [0.717, 1.165) is 17.5 Å². The summed E-state index contributed by atoms with van der Waals surface area (Å²) < 4.78 is 10.2. The molecule has 0 aromatic heterocycles. The zero-order valence-electron chi connectivity index (χ0n) is 16.8. The molecule has 1 heterocycles. The van der Waals surface area contributed by atoms with E-state index in [1.807, 2.05) is 31.2 Å². The van der Waals surface area contributed by atoms with E-state index in [1.165, 1.54) is 11.6 Å². The number of carboxylic acid groups (broad SMARTS) is 2. The normalized spacial score (nSPS) is 16.1. The summed E-state index contributed by atoms with van der Waals surface area (Å²) in [5.74, 6) is -6.09. The van der Waals surface area contributed by atoms with Crippen molar-refractivity contribution in [3.63, 3.8) is 0 Å². The molecular weight excluding hydrogens is 390 g/mol. The molecular formula is C22H25NO7. The molecule has 2 atom stereocenters. The fourth-order valence-corrected chi connectivity index (χ4v) is 3.27. The number of aryl methyl sites for hydroxylation is 1. The molecule has 2 aromatic carbocycles. The monoisotopic (exact) mass is 415 g/mol. The van der Waals surface area contributed by atoms with Gasteiger partial charge in [-0.25, -0.2) is 9.59 Å². The smallest absolute Gasteiger partial charge is 0.453 e. The first-order valence-corrected chi connectivity index (χ1v) is 9.73. The van der Waals surface area contributed by atoms with Gasteiger partial charge in [0.05, 0.1) is 6.10 Å². The standard InChI is InChI=1S/C22H25NO7/c1-3-14-4-7-16(8-5-14)17(24)12-23-13(2)10-15-6-9-18-19(11-15)30-22(29-18,20(25)26)21(27)28/h4-9,11,13,17,23-24H,3,10,12H2,1-2H3,(H,25,26)(H,27,28). The summed E-state index contributed by atoms with van der Waals surface area (Å²) in [6, 6.07) is 12.6. The SMILES string of the molecule is CCc1ccc(C(O)CNC(C)Cc2ccc3c(c2)OC(C(=O)O)(C(=O)O)O3)cc1. The molecule has 1 aliphatic rings. The predicted molar refractivity (Wildman–Crippen MR) is 108 cm³/mol. The van der Waals surface area contributed by atoms with Gasteiger partial charge in [0.1, 0.15) is 0 Å². The summed E-state index contributed by atoms with van der Waals surface area (Å²) in [5, 5.41) is 32.0. The largest absolute Gasteiger partial charge is 0.475 e. The van der Waals surface area contributed by atoms with Gasteiger partial charge in [0.25, 0.3) is 0 Å². The lowest BCUT2D eigenvalue weighted by Gasteiger charge is -2.18. The average molecular weight is 415 g/mol. The highest BCUT2D eigenvalue weighted by molar-refractivity contribution is 6.01. The highest BCUT2D eigenvalue weighted by Gasteiger charge is 2.57. The van der Waals surface area contributed by atoms with Gasteiger partial charge in [-0.05, 0) is 48.6 Å². The molecule has 0 saturated heterocycles. The van der Waals surface area contributed by atoms with Crippen molar-refractivity contribution in [2.75, 3.05) is 6.54 Å². The Kier molecular flexibility index (Phi) is 6.28. The average Bonchev–Trinajstić information content (AvgIpc) is 3.12. The molecule has 8 nitrogen and oxygen atoms in total. The van der Waals surface area contributed by atoms with Crippen LogP contribution < -0.4 is 14.8 Å². The first-order chi connectivity index (χ1) is 14.2. The number of aliphatic carboxylic acids is 2. The van der Waals surface area contributed by atoms with Crippen LogP contribution >= 0.6 is 0 Å². The fraction of sp³-hybridized carbons (Fsp3) is 0.364. The summed E-state index contributed by atoms with van der Waals surface area (Å²) >= 11 is 0. The third-order valence-electron chi connectivity index (χ3n) is 5.05. The molecule has 4 N–H and O–H groups in total. The van der Waals surface area contributed by atoms with Crippen LogP contribution in [0.15, 0.2) is 42.5 Å². The van der Waals surface area contributed by atoms with E-state index in [2.05, 4.69) is 12.2 Å². The predicted octanol–water partition coefficient (Wildman–Crippen LogP) is 2.14. The molecule has 0 amide bonds. The van der Waals surface area contributed by atoms with Gasteiger partial charge in [0.2, 0.25) is 0 Å². The topological polar surface area (TPSA) is 125 Å². The van der Waals surface area contributed by atoms with Crippen LogP contribution in [0.1, 0.15) is 36.6 Å². The Labute approximate surface area is 174 Å². The second-order valence-electron chi connectivity index (χ2n) is 7.34. The van der Waals surface area contributed by atoms with Crippen LogP contribution in [-0.2, 0) is 22.4 Å². The van der Waals surface area contributed by atoms with E-state index in [9.17, 15) is 24.9 Å². The van der Waals surface area contributed by atoms with E-state index >= 15 is 0 Å². The molecule has 2 unspecified atom stereocenters. The fourth-order valence-electron chi connectivity index (χ4n) is 3.27. The van der Waals surface area contributed by atoms with Crippen LogP contribution in [0, 0.1) is 0 Å². The summed E-state index contributed by atoms with van der Waals surface area (Å²) in [5.41, 5.74) is 2.87. The van der Waals surface area contributed by atoms with Gasteiger partial charge in [-0.1, -0.05) is 37.3 Å². The maximum absolute atomic E-state index is 11.3. The molecule has 0 radical (unpaired) electrons. The molecule has 30 heavy (non-hydrogen) atoms. The Bertz CT molecular complexity index is 912. The van der Waals surface area contributed by atoms with Crippen molar-refractivity contribution < 1.29 is 34.4 Å². The van der Waals surface area contributed by atoms with E-state index in [-0.39, 0.29) is 17.5 Å². The third-order valence-corrected chi connectivity index (χ3v) is 5.05. The second kappa shape index (κ2) is 8.73. The van der Waals surface area contributed by atoms with Crippen molar-refractivity contribution in [2.24, 2.45) is 0 Å². The van der Waals surface area contributed by atoms with Crippen LogP contribution in [0.2, 0.25) is 0 Å². The molecule has 0 aliphatic carbocycles. The number of aliphatic hydroxyl groups is 1. The van der Waals surface area contributed by atoms with Gasteiger partial charge in [-0.3, -0.25) is 0 Å². The quantitative estimate of drug-likeness (QED) is 0.459. The minimum Gasteiger partial charge on any atom is -0.475 e. The van der Waals surface area contributed by atoms with E-state index in [4.69, 9.17) is 9.47 Å². The number of hydrogen-bond acceptors (Lipinski definition) is 6. The van der Waals surface area contributed by atoms with Gasteiger partial charge in [-0.15, -0.1) is 0 Å².